The molecule has 1 aromatic carbocycles. The lowest BCUT2D eigenvalue weighted by Crippen LogP contribution is -2.15. The van der Waals surface area contributed by atoms with E-state index in [0.717, 1.165) is 40.3 Å². The van der Waals surface area contributed by atoms with E-state index < -0.39 is 5.79 Å². The third-order valence-corrected chi connectivity index (χ3v) is 4.83. The summed E-state index contributed by atoms with van der Waals surface area (Å²) in [5.41, 5.74) is 8.60. The lowest BCUT2D eigenvalue weighted by atomic mass is 10.1. The van der Waals surface area contributed by atoms with Crippen molar-refractivity contribution < 1.29 is 14.9 Å². The molecule has 164 valence electrons. The molecular formula is C24H25N5O3. The number of pyridine rings is 1. The fraction of sp³-hybridized carbons (Fsp3) is 0.292. The molecule has 0 unspecified atom stereocenters. The summed E-state index contributed by atoms with van der Waals surface area (Å²) < 4.78 is 8.14. The average molecular weight is 431 g/mol. The molecule has 0 aliphatic carbocycles. The van der Waals surface area contributed by atoms with E-state index >= 15 is 0 Å². The minimum atomic E-state index is -1.50. The van der Waals surface area contributed by atoms with Gasteiger partial charge in [-0.15, -0.1) is 0 Å². The van der Waals surface area contributed by atoms with E-state index in [2.05, 4.69) is 26.8 Å². The fourth-order valence-electron chi connectivity index (χ4n) is 3.46. The largest absolute Gasteiger partial charge is 0.383 e. The van der Waals surface area contributed by atoms with Crippen molar-refractivity contribution in [3.8, 4) is 11.8 Å². The van der Waals surface area contributed by atoms with Crippen molar-refractivity contribution >= 4 is 27.8 Å². The van der Waals surface area contributed by atoms with Gasteiger partial charge in [0.25, 0.3) is 0 Å². The van der Waals surface area contributed by atoms with Gasteiger partial charge in [-0.1, -0.05) is 24.0 Å². The molecule has 3 aromatic heterocycles. The number of benzene rings is 1. The van der Waals surface area contributed by atoms with Gasteiger partial charge in [-0.3, -0.25) is 4.98 Å². The molecule has 5 rings (SSSR count). The predicted octanol–water partition coefficient (Wildman–Crippen LogP) is 3.00. The van der Waals surface area contributed by atoms with Gasteiger partial charge in [-0.2, -0.15) is 0 Å². The number of aromatic nitrogens is 4. The lowest BCUT2D eigenvalue weighted by Gasteiger charge is -2.13. The second-order valence-electron chi connectivity index (χ2n) is 8.05. The Kier molecular flexibility index (Phi) is 6.06. The predicted molar refractivity (Wildman–Crippen MR) is 122 cm³/mol. The van der Waals surface area contributed by atoms with Crippen LogP contribution in [0.2, 0.25) is 0 Å². The third-order valence-electron chi connectivity index (χ3n) is 4.83. The van der Waals surface area contributed by atoms with E-state index in [1.54, 1.807) is 6.20 Å². The van der Waals surface area contributed by atoms with Crippen LogP contribution in [0.4, 0.5) is 5.82 Å². The summed E-state index contributed by atoms with van der Waals surface area (Å²) in [5, 5.41) is 18.1. The van der Waals surface area contributed by atoms with Gasteiger partial charge in [0.2, 0.25) is 0 Å². The van der Waals surface area contributed by atoms with Gasteiger partial charge in [0.1, 0.15) is 30.1 Å². The highest BCUT2D eigenvalue weighted by Gasteiger charge is 2.26. The molecule has 4 aromatic rings. The van der Waals surface area contributed by atoms with E-state index in [1.807, 2.05) is 47.2 Å². The quantitative estimate of drug-likeness (QED) is 0.313. The van der Waals surface area contributed by atoms with Crippen molar-refractivity contribution in [1.82, 2.24) is 19.5 Å². The lowest BCUT2D eigenvalue weighted by molar-refractivity contribution is -0.127. The van der Waals surface area contributed by atoms with Crippen LogP contribution in [0.3, 0.4) is 0 Å². The normalized spacial score (nSPS) is 18.1. The van der Waals surface area contributed by atoms with E-state index in [4.69, 9.17) is 20.7 Å². The number of hydrogen-bond donors (Lipinski definition) is 3. The number of hydrogen-bond acceptors (Lipinski definition) is 7. The monoisotopic (exact) mass is 431 g/mol. The van der Waals surface area contributed by atoms with E-state index in [0.29, 0.717) is 5.82 Å². The number of aliphatic hydroxyl groups is 2. The van der Waals surface area contributed by atoms with Crippen LogP contribution in [-0.4, -0.2) is 41.6 Å². The van der Waals surface area contributed by atoms with Crippen LogP contribution >= 0.6 is 0 Å². The standard InChI is InChI=1S/C21H17N5O.C3H8O2/c22-20-17-9-11-26(21(17)25-13-24-20)19-8-7-16(27-19)6-4-14-3-5-15-2-1-10-23-18(15)12-14;1-3(2,4)5/h1-3,5,9-13,16,19H,7-8H2,(H2,22,24,25);4-5H,1-2H3/t16-,19-;/m1./s1. The molecule has 1 saturated heterocycles. The highest BCUT2D eigenvalue weighted by Crippen LogP contribution is 2.31. The summed E-state index contributed by atoms with van der Waals surface area (Å²) >= 11 is 0. The molecule has 4 N–H and O–H groups in total. The SMILES string of the molecule is CC(C)(O)O.Nc1ncnc2c1ccn2[C@H]1CC[C@@H](C#Cc2ccc3cccnc3c2)O1. The Morgan fingerprint density at radius 1 is 1.12 bits per heavy atom. The first-order valence-electron chi connectivity index (χ1n) is 10.3. The molecule has 0 saturated carbocycles. The van der Waals surface area contributed by atoms with E-state index in [-0.39, 0.29) is 12.3 Å². The van der Waals surface area contributed by atoms with Gasteiger partial charge < -0.3 is 25.3 Å². The number of rotatable bonds is 1. The molecule has 4 heterocycles. The zero-order valence-electron chi connectivity index (χ0n) is 17.9. The maximum absolute atomic E-state index is 8.08. The first-order valence-corrected chi connectivity index (χ1v) is 10.3. The smallest absolute Gasteiger partial charge is 0.156 e. The van der Waals surface area contributed by atoms with Gasteiger partial charge in [0, 0.05) is 23.3 Å². The van der Waals surface area contributed by atoms with Gasteiger partial charge in [-0.25, -0.2) is 9.97 Å². The molecule has 0 bridgehead atoms. The summed E-state index contributed by atoms with van der Waals surface area (Å²) in [5.74, 6) is 5.45. The molecule has 8 heteroatoms. The Bertz CT molecular complexity index is 1290. The Morgan fingerprint density at radius 2 is 1.94 bits per heavy atom. The van der Waals surface area contributed by atoms with Gasteiger partial charge in [0.05, 0.1) is 10.9 Å². The molecule has 1 fully saturated rings. The van der Waals surface area contributed by atoms with Crippen molar-refractivity contribution in [2.45, 2.75) is 44.8 Å². The molecule has 0 amide bonds. The van der Waals surface area contributed by atoms with E-state index in [1.165, 1.54) is 20.2 Å². The number of fused-ring (bicyclic) bond motifs is 2. The maximum atomic E-state index is 8.08. The summed E-state index contributed by atoms with van der Waals surface area (Å²) in [4.78, 5) is 12.8. The highest BCUT2D eigenvalue weighted by atomic mass is 16.5. The minimum Gasteiger partial charge on any atom is -0.383 e. The number of ether oxygens (including phenoxy) is 1. The van der Waals surface area contributed by atoms with Crippen LogP contribution in [0.15, 0.2) is 55.1 Å². The van der Waals surface area contributed by atoms with Crippen molar-refractivity contribution in [2.75, 3.05) is 5.73 Å². The third kappa shape index (κ3) is 5.21. The van der Waals surface area contributed by atoms with Crippen molar-refractivity contribution in [1.29, 1.82) is 0 Å². The molecule has 1 aliphatic rings. The molecule has 0 spiro atoms. The Morgan fingerprint density at radius 3 is 2.75 bits per heavy atom. The molecule has 2 atom stereocenters. The van der Waals surface area contributed by atoms with E-state index in [9.17, 15) is 0 Å². The van der Waals surface area contributed by atoms with Crippen LogP contribution in [0, 0.1) is 11.8 Å². The topological polar surface area (TPSA) is 119 Å². The Labute approximate surface area is 185 Å². The first-order chi connectivity index (χ1) is 15.3. The van der Waals surface area contributed by atoms with Crippen LogP contribution in [0.25, 0.3) is 21.9 Å². The maximum Gasteiger partial charge on any atom is 0.156 e. The number of nitrogens with zero attached hydrogens (tertiary/aromatic N) is 4. The summed E-state index contributed by atoms with van der Waals surface area (Å²) in [7, 11) is 0. The molecular weight excluding hydrogens is 406 g/mol. The number of anilines is 1. The number of nitrogen functional groups attached to an aromatic ring is 1. The van der Waals surface area contributed by atoms with Crippen molar-refractivity contribution in [2.24, 2.45) is 0 Å². The summed E-state index contributed by atoms with van der Waals surface area (Å²) in [6.07, 6.45) is 6.79. The highest BCUT2D eigenvalue weighted by molar-refractivity contribution is 5.86. The van der Waals surface area contributed by atoms with Crippen LogP contribution in [0.1, 0.15) is 38.5 Å². The van der Waals surface area contributed by atoms with Crippen molar-refractivity contribution in [3.63, 3.8) is 0 Å². The van der Waals surface area contributed by atoms with Crippen LogP contribution < -0.4 is 5.73 Å². The second kappa shape index (κ2) is 8.93. The zero-order chi connectivity index (χ0) is 22.7. The molecule has 0 radical (unpaired) electrons. The Hall–Kier alpha value is -3.51. The van der Waals surface area contributed by atoms with Gasteiger partial charge in [-0.05, 0) is 51.0 Å². The fourth-order valence-corrected chi connectivity index (χ4v) is 3.46. The summed E-state index contributed by atoms with van der Waals surface area (Å²) in [6.45, 7) is 2.60. The second-order valence-corrected chi connectivity index (χ2v) is 8.05. The zero-order valence-corrected chi connectivity index (χ0v) is 17.9. The average Bonchev–Trinajstić information content (AvgIpc) is 3.38. The molecule has 32 heavy (non-hydrogen) atoms. The minimum absolute atomic E-state index is 0.0885. The number of nitrogens with two attached hydrogens (primary N) is 1. The van der Waals surface area contributed by atoms with Crippen LogP contribution in [-0.2, 0) is 4.74 Å². The van der Waals surface area contributed by atoms with Gasteiger partial charge in [0.15, 0.2) is 5.79 Å². The van der Waals surface area contributed by atoms with Crippen molar-refractivity contribution in [3.05, 3.63) is 60.7 Å². The first kappa shape index (κ1) is 21.7. The Balaban J connectivity index is 0.000000444. The van der Waals surface area contributed by atoms with Gasteiger partial charge >= 0.3 is 0 Å². The molecule has 8 nitrogen and oxygen atoms in total. The molecule has 1 aliphatic heterocycles. The van der Waals surface area contributed by atoms with Crippen LogP contribution in [0.5, 0.6) is 0 Å². The summed E-state index contributed by atoms with van der Waals surface area (Å²) in [6, 6.07) is 12.0.